The molecule has 0 saturated heterocycles. The summed E-state index contributed by atoms with van der Waals surface area (Å²) in [6, 6.07) is 7.54. The van der Waals surface area contributed by atoms with Crippen LogP contribution < -0.4 is 10.6 Å². The van der Waals surface area contributed by atoms with Gasteiger partial charge in [0.1, 0.15) is 0 Å². The molecule has 1 saturated carbocycles. The highest BCUT2D eigenvalue weighted by Gasteiger charge is 2.52. The molecule has 0 aromatic heterocycles. The summed E-state index contributed by atoms with van der Waals surface area (Å²) in [6.45, 7) is 0.579. The number of para-hydroxylation sites is 1. The van der Waals surface area contributed by atoms with Crippen LogP contribution in [0.3, 0.4) is 0 Å². The van der Waals surface area contributed by atoms with Gasteiger partial charge in [0.2, 0.25) is 5.91 Å². The van der Waals surface area contributed by atoms with Gasteiger partial charge in [0, 0.05) is 18.8 Å². The zero-order chi connectivity index (χ0) is 14.3. The molecule has 3 rings (SSSR count). The number of hydrogen-bond acceptors (Lipinski definition) is 3. The molecule has 1 amide bonds. The monoisotopic (exact) mass is 274 g/mol. The first-order valence-electron chi connectivity index (χ1n) is 6.90. The van der Waals surface area contributed by atoms with Gasteiger partial charge in [-0.2, -0.15) is 0 Å². The molecule has 0 bridgehead atoms. The number of carbonyl (C=O) groups excluding carboxylic acids is 1. The zero-order valence-corrected chi connectivity index (χ0v) is 11.2. The molecule has 2 aliphatic rings. The number of nitrogens with two attached hydrogens (primary N) is 1. The maximum absolute atomic E-state index is 12.7. The molecule has 1 atom stereocenters. The molecule has 0 spiro atoms. The van der Waals surface area contributed by atoms with Crippen LogP contribution in [0.25, 0.3) is 0 Å². The summed E-state index contributed by atoms with van der Waals surface area (Å²) in [6.07, 6.45) is 2.09. The third kappa shape index (κ3) is 1.98. The second kappa shape index (κ2) is 4.59. The van der Waals surface area contributed by atoms with Crippen molar-refractivity contribution in [1.82, 2.24) is 0 Å². The van der Waals surface area contributed by atoms with Crippen LogP contribution in [-0.4, -0.2) is 30.1 Å². The van der Waals surface area contributed by atoms with Crippen LogP contribution in [0.4, 0.5) is 5.69 Å². The number of benzene rings is 1. The van der Waals surface area contributed by atoms with Crippen molar-refractivity contribution < 1.29 is 14.7 Å². The Morgan fingerprint density at radius 1 is 1.35 bits per heavy atom. The van der Waals surface area contributed by atoms with Crippen molar-refractivity contribution in [3.05, 3.63) is 29.8 Å². The second-order valence-corrected chi connectivity index (χ2v) is 5.77. The number of carbonyl (C=O) groups is 2. The maximum atomic E-state index is 12.7. The third-order valence-corrected chi connectivity index (χ3v) is 4.44. The van der Waals surface area contributed by atoms with Gasteiger partial charge in [-0.25, -0.2) is 0 Å². The number of nitrogens with zero attached hydrogens (tertiary/aromatic N) is 1. The zero-order valence-electron chi connectivity index (χ0n) is 11.2. The summed E-state index contributed by atoms with van der Waals surface area (Å²) in [5, 5.41) is 9.28. The number of carboxylic acid groups (broad SMARTS) is 1. The van der Waals surface area contributed by atoms with Gasteiger partial charge in [-0.05, 0) is 30.9 Å². The lowest BCUT2D eigenvalue weighted by molar-refractivity contribution is -0.141. The number of fused-ring (bicyclic) bond motifs is 1. The minimum Gasteiger partial charge on any atom is -0.481 e. The van der Waals surface area contributed by atoms with Crippen molar-refractivity contribution in [2.24, 2.45) is 17.1 Å². The van der Waals surface area contributed by atoms with Crippen LogP contribution in [-0.2, 0) is 16.0 Å². The topological polar surface area (TPSA) is 83.6 Å². The van der Waals surface area contributed by atoms with Crippen LogP contribution in [0, 0.1) is 11.3 Å². The van der Waals surface area contributed by atoms with E-state index in [1.54, 1.807) is 4.90 Å². The van der Waals surface area contributed by atoms with Crippen LogP contribution in [0.1, 0.15) is 18.4 Å². The van der Waals surface area contributed by atoms with Crippen LogP contribution in [0.2, 0.25) is 0 Å². The minimum absolute atomic E-state index is 0.0154. The van der Waals surface area contributed by atoms with Crippen molar-refractivity contribution in [3.63, 3.8) is 0 Å². The Bertz CT molecular complexity index is 566. The molecule has 0 radical (unpaired) electrons. The van der Waals surface area contributed by atoms with Crippen molar-refractivity contribution in [1.29, 1.82) is 0 Å². The van der Waals surface area contributed by atoms with Crippen LogP contribution in [0.5, 0.6) is 0 Å². The molecular formula is C15H18N2O3. The largest absolute Gasteiger partial charge is 0.481 e. The summed E-state index contributed by atoms with van der Waals surface area (Å²) in [7, 11) is 0. The van der Waals surface area contributed by atoms with E-state index in [0.717, 1.165) is 24.1 Å². The highest BCUT2D eigenvalue weighted by Crippen LogP contribution is 2.47. The predicted molar refractivity (Wildman–Crippen MR) is 74.3 cm³/mol. The molecular weight excluding hydrogens is 256 g/mol. The molecule has 1 unspecified atom stereocenters. The molecule has 5 heteroatoms. The molecule has 106 valence electrons. The Morgan fingerprint density at radius 2 is 2.05 bits per heavy atom. The first kappa shape index (κ1) is 13.1. The van der Waals surface area contributed by atoms with Gasteiger partial charge in [0.05, 0.1) is 11.3 Å². The van der Waals surface area contributed by atoms with E-state index in [9.17, 15) is 14.7 Å². The van der Waals surface area contributed by atoms with E-state index in [1.165, 1.54) is 0 Å². The Morgan fingerprint density at radius 3 is 2.65 bits per heavy atom. The first-order chi connectivity index (χ1) is 9.57. The van der Waals surface area contributed by atoms with Gasteiger partial charge in [0.25, 0.3) is 0 Å². The van der Waals surface area contributed by atoms with E-state index >= 15 is 0 Å². The highest BCUT2D eigenvalue weighted by molar-refractivity contribution is 6.01. The van der Waals surface area contributed by atoms with Gasteiger partial charge >= 0.3 is 5.97 Å². The van der Waals surface area contributed by atoms with Crippen LogP contribution in [0.15, 0.2) is 24.3 Å². The summed E-state index contributed by atoms with van der Waals surface area (Å²) < 4.78 is 0. The van der Waals surface area contributed by atoms with E-state index in [2.05, 4.69) is 0 Å². The van der Waals surface area contributed by atoms with Gasteiger partial charge in [-0.15, -0.1) is 0 Å². The van der Waals surface area contributed by atoms with Gasteiger partial charge in [-0.1, -0.05) is 18.2 Å². The van der Waals surface area contributed by atoms with E-state index in [1.807, 2.05) is 24.3 Å². The molecule has 5 nitrogen and oxygen atoms in total. The fourth-order valence-electron chi connectivity index (χ4n) is 2.90. The van der Waals surface area contributed by atoms with Crippen molar-refractivity contribution in [3.8, 4) is 0 Å². The normalized spacial score (nSPS) is 23.1. The van der Waals surface area contributed by atoms with E-state index < -0.39 is 17.3 Å². The predicted octanol–water partition coefficient (Wildman–Crippen LogP) is 1.02. The number of rotatable bonds is 3. The number of carboxylic acids is 1. The number of anilines is 1. The summed E-state index contributed by atoms with van der Waals surface area (Å²) >= 11 is 0. The standard InChI is InChI=1S/C15H18N2O3/c16-9-15(5-6-15)14(20)17-8-11(13(18)19)7-10-3-1-2-4-12(10)17/h1-4,11H,5-9,16H2,(H,18,19). The summed E-state index contributed by atoms with van der Waals surface area (Å²) in [5.41, 5.74) is 7.04. The van der Waals surface area contributed by atoms with Crippen molar-refractivity contribution in [2.45, 2.75) is 19.3 Å². The van der Waals surface area contributed by atoms with Gasteiger partial charge in [0.15, 0.2) is 0 Å². The smallest absolute Gasteiger partial charge is 0.308 e. The number of hydrogen-bond donors (Lipinski definition) is 2. The average Bonchev–Trinajstić information content (AvgIpc) is 3.26. The molecule has 1 aromatic carbocycles. The molecule has 1 heterocycles. The van der Waals surface area contributed by atoms with E-state index in [0.29, 0.717) is 13.0 Å². The number of aliphatic carboxylic acids is 1. The first-order valence-corrected chi connectivity index (χ1v) is 6.90. The molecule has 20 heavy (non-hydrogen) atoms. The summed E-state index contributed by atoms with van der Waals surface area (Å²) in [4.78, 5) is 25.6. The van der Waals surface area contributed by atoms with Crippen LogP contribution >= 0.6 is 0 Å². The summed E-state index contributed by atoms with van der Waals surface area (Å²) in [5.74, 6) is -1.41. The lowest BCUT2D eigenvalue weighted by atomic mass is 9.91. The molecule has 3 N–H and O–H groups in total. The SMILES string of the molecule is NCC1(C(=O)N2CC(C(=O)O)Cc3ccccc32)CC1. The molecule has 1 aliphatic carbocycles. The highest BCUT2D eigenvalue weighted by atomic mass is 16.4. The molecule has 1 aliphatic heterocycles. The Labute approximate surface area is 117 Å². The van der Waals surface area contributed by atoms with Gasteiger partial charge in [-0.3, -0.25) is 9.59 Å². The molecule has 1 fully saturated rings. The fourth-order valence-corrected chi connectivity index (χ4v) is 2.90. The Hall–Kier alpha value is -1.88. The van der Waals surface area contributed by atoms with Crippen molar-refractivity contribution in [2.75, 3.05) is 18.0 Å². The Balaban J connectivity index is 1.97. The fraction of sp³-hybridized carbons (Fsp3) is 0.467. The second-order valence-electron chi connectivity index (χ2n) is 5.77. The average molecular weight is 274 g/mol. The van der Waals surface area contributed by atoms with Crippen molar-refractivity contribution >= 4 is 17.6 Å². The van der Waals surface area contributed by atoms with Gasteiger partial charge < -0.3 is 15.7 Å². The Kier molecular flexibility index (Phi) is 3.01. The lowest BCUT2D eigenvalue weighted by Crippen LogP contribution is -2.47. The minimum atomic E-state index is -0.852. The number of amides is 1. The van der Waals surface area contributed by atoms with E-state index in [4.69, 9.17) is 5.73 Å². The maximum Gasteiger partial charge on any atom is 0.308 e. The quantitative estimate of drug-likeness (QED) is 0.861. The third-order valence-electron chi connectivity index (χ3n) is 4.44. The van der Waals surface area contributed by atoms with E-state index in [-0.39, 0.29) is 12.5 Å². The molecule has 1 aromatic rings. The lowest BCUT2D eigenvalue weighted by Gasteiger charge is -2.35.